The van der Waals surface area contributed by atoms with Crippen LogP contribution in [0.3, 0.4) is 0 Å². The van der Waals surface area contributed by atoms with Crippen molar-refractivity contribution in [1.82, 2.24) is 19.5 Å². The molecule has 3 heterocycles. The molecule has 0 aliphatic carbocycles. The Hall–Kier alpha value is -2.41. The van der Waals surface area contributed by atoms with Crippen LogP contribution in [0.2, 0.25) is 0 Å². The Morgan fingerprint density at radius 1 is 1.43 bits per heavy atom. The lowest BCUT2D eigenvalue weighted by Crippen LogP contribution is -2.37. The van der Waals surface area contributed by atoms with Crippen molar-refractivity contribution < 1.29 is 4.79 Å². The molecule has 1 unspecified atom stereocenters. The van der Waals surface area contributed by atoms with E-state index in [0.717, 1.165) is 4.88 Å². The Bertz CT molecular complexity index is 819. The van der Waals surface area contributed by atoms with Gasteiger partial charge in [-0.1, -0.05) is 6.07 Å². The van der Waals surface area contributed by atoms with Crippen LogP contribution in [0.25, 0.3) is 5.52 Å². The molecular formula is C14H14N4O2S. The number of hydrogen-bond acceptors (Lipinski definition) is 4. The summed E-state index contributed by atoms with van der Waals surface area (Å²) in [6, 6.07) is 6.70. The predicted molar refractivity (Wildman–Crippen MR) is 80.3 cm³/mol. The third-order valence-electron chi connectivity index (χ3n) is 3.27. The largest absolute Gasteiger partial charge is 0.349 e. The summed E-state index contributed by atoms with van der Waals surface area (Å²) in [6.45, 7) is 2.13. The number of aromatic nitrogens is 3. The van der Waals surface area contributed by atoms with Crippen molar-refractivity contribution in [2.24, 2.45) is 0 Å². The van der Waals surface area contributed by atoms with Gasteiger partial charge in [0.15, 0.2) is 0 Å². The number of thiophene rings is 1. The summed E-state index contributed by atoms with van der Waals surface area (Å²) in [5.41, 5.74) is 0.226. The van der Waals surface area contributed by atoms with Crippen molar-refractivity contribution in [2.45, 2.75) is 19.5 Å². The first-order valence-electron chi connectivity index (χ1n) is 6.51. The maximum Gasteiger partial charge on any atom is 0.291 e. The number of fused-ring (bicyclic) bond motifs is 1. The molecular weight excluding hydrogens is 288 g/mol. The Labute approximate surface area is 124 Å². The molecule has 0 saturated heterocycles. The first-order valence-corrected chi connectivity index (χ1v) is 7.39. The van der Waals surface area contributed by atoms with E-state index in [2.05, 4.69) is 10.4 Å². The van der Waals surface area contributed by atoms with E-state index < -0.39 is 6.04 Å². The second-order valence-corrected chi connectivity index (χ2v) is 5.69. The van der Waals surface area contributed by atoms with Gasteiger partial charge in [0.2, 0.25) is 5.91 Å². The molecule has 0 spiro atoms. The van der Waals surface area contributed by atoms with E-state index in [9.17, 15) is 9.59 Å². The Morgan fingerprint density at radius 2 is 2.29 bits per heavy atom. The van der Waals surface area contributed by atoms with Gasteiger partial charge >= 0.3 is 0 Å². The normalized spacial score (nSPS) is 12.4. The highest BCUT2D eigenvalue weighted by molar-refractivity contribution is 7.09. The number of nitrogens with zero attached hydrogens (tertiary/aromatic N) is 3. The minimum atomic E-state index is -0.655. The number of nitrogens with one attached hydrogen (secondary N) is 1. The second-order valence-electron chi connectivity index (χ2n) is 4.65. The Balaban J connectivity index is 1.79. The van der Waals surface area contributed by atoms with Crippen molar-refractivity contribution in [3.63, 3.8) is 0 Å². The van der Waals surface area contributed by atoms with Crippen LogP contribution in [0.4, 0.5) is 0 Å². The van der Waals surface area contributed by atoms with Gasteiger partial charge in [0.25, 0.3) is 5.56 Å². The molecule has 3 aromatic rings. The van der Waals surface area contributed by atoms with Gasteiger partial charge in [-0.05, 0) is 30.5 Å². The van der Waals surface area contributed by atoms with E-state index >= 15 is 0 Å². The fourth-order valence-electron chi connectivity index (χ4n) is 2.08. The zero-order valence-corrected chi connectivity index (χ0v) is 12.2. The molecule has 0 radical (unpaired) electrons. The Morgan fingerprint density at radius 3 is 3.05 bits per heavy atom. The van der Waals surface area contributed by atoms with Crippen LogP contribution in [0.15, 0.2) is 47.0 Å². The average molecular weight is 302 g/mol. The van der Waals surface area contributed by atoms with Crippen LogP contribution in [0.5, 0.6) is 0 Å². The van der Waals surface area contributed by atoms with E-state index in [1.54, 1.807) is 41.0 Å². The van der Waals surface area contributed by atoms with Gasteiger partial charge in [0.05, 0.1) is 6.54 Å². The monoisotopic (exact) mass is 302 g/mol. The molecule has 0 aliphatic rings. The second kappa shape index (κ2) is 5.53. The molecule has 1 atom stereocenters. The fourth-order valence-corrected chi connectivity index (χ4v) is 2.72. The molecule has 3 aromatic heterocycles. The van der Waals surface area contributed by atoms with Crippen molar-refractivity contribution in [3.05, 3.63) is 57.4 Å². The molecule has 3 rings (SSSR count). The molecule has 0 aliphatic heterocycles. The lowest BCUT2D eigenvalue weighted by Gasteiger charge is -2.13. The maximum atomic E-state index is 12.3. The third-order valence-corrected chi connectivity index (χ3v) is 4.15. The van der Waals surface area contributed by atoms with Crippen molar-refractivity contribution in [1.29, 1.82) is 0 Å². The summed E-state index contributed by atoms with van der Waals surface area (Å²) in [7, 11) is 0. The SMILES string of the molecule is CC(C(=O)NCc1cccs1)n1ncn2cccc2c1=O. The standard InChI is InChI=1S/C14H14N4O2S/c1-10(13(19)15-8-11-4-3-7-21-11)18-14(20)12-5-2-6-17(12)9-16-18/h2-7,9-10H,8H2,1H3,(H,15,19). The van der Waals surface area contributed by atoms with Gasteiger partial charge in [-0.15, -0.1) is 11.3 Å². The first kappa shape index (κ1) is 13.6. The zero-order valence-electron chi connectivity index (χ0n) is 11.4. The van der Waals surface area contributed by atoms with E-state index in [4.69, 9.17) is 0 Å². The topological polar surface area (TPSA) is 68.4 Å². The highest BCUT2D eigenvalue weighted by Gasteiger charge is 2.18. The average Bonchev–Trinajstić information content (AvgIpc) is 3.15. The summed E-state index contributed by atoms with van der Waals surface area (Å²) in [6.07, 6.45) is 3.27. The highest BCUT2D eigenvalue weighted by atomic mass is 32.1. The summed E-state index contributed by atoms with van der Waals surface area (Å²) in [5.74, 6) is -0.228. The molecule has 7 heteroatoms. The van der Waals surface area contributed by atoms with Crippen LogP contribution in [0.1, 0.15) is 17.8 Å². The number of amides is 1. The van der Waals surface area contributed by atoms with Crippen molar-refractivity contribution in [3.8, 4) is 0 Å². The molecule has 6 nitrogen and oxygen atoms in total. The minimum Gasteiger partial charge on any atom is -0.349 e. The molecule has 21 heavy (non-hydrogen) atoms. The maximum absolute atomic E-state index is 12.3. The Kier molecular flexibility index (Phi) is 3.57. The van der Waals surface area contributed by atoms with Crippen molar-refractivity contribution >= 4 is 22.8 Å². The number of carbonyl (C=O) groups is 1. The summed E-state index contributed by atoms with van der Waals surface area (Å²) in [4.78, 5) is 25.5. The zero-order chi connectivity index (χ0) is 14.8. The lowest BCUT2D eigenvalue weighted by molar-refractivity contribution is -0.124. The highest BCUT2D eigenvalue weighted by Crippen LogP contribution is 2.09. The van der Waals surface area contributed by atoms with E-state index in [1.807, 2.05) is 17.5 Å². The minimum absolute atomic E-state index is 0.228. The van der Waals surface area contributed by atoms with Crippen molar-refractivity contribution in [2.75, 3.05) is 0 Å². The third kappa shape index (κ3) is 2.59. The van der Waals surface area contributed by atoms with Gasteiger partial charge in [-0.2, -0.15) is 5.10 Å². The predicted octanol–water partition coefficient (Wildman–Crippen LogP) is 1.43. The van der Waals surface area contributed by atoms with E-state index in [0.29, 0.717) is 12.1 Å². The van der Waals surface area contributed by atoms with Crippen LogP contribution in [-0.2, 0) is 11.3 Å². The molecule has 108 valence electrons. The smallest absolute Gasteiger partial charge is 0.291 e. The number of hydrogen-bond donors (Lipinski definition) is 1. The molecule has 1 N–H and O–H groups in total. The van der Waals surface area contributed by atoms with Crippen LogP contribution >= 0.6 is 11.3 Å². The summed E-state index contributed by atoms with van der Waals surface area (Å²) < 4.78 is 2.84. The molecule has 0 saturated carbocycles. The molecule has 0 bridgehead atoms. The molecule has 1 amide bonds. The van der Waals surface area contributed by atoms with E-state index in [1.165, 1.54) is 11.0 Å². The summed E-state index contributed by atoms with van der Waals surface area (Å²) >= 11 is 1.58. The van der Waals surface area contributed by atoms with Gasteiger partial charge in [0, 0.05) is 11.1 Å². The molecule has 0 aromatic carbocycles. The van der Waals surface area contributed by atoms with Crippen LogP contribution < -0.4 is 10.9 Å². The van der Waals surface area contributed by atoms with Crippen LogP contribution in [-0.4, -0.2) is 20.1 Å². The van der Waals surface area contributed by atoms with Gasteiger partial charge in [-0.3, -0.25) is 9.59 Å². The quantitative estimate of drug-likeness (QED) is 0.793. The van der Waals surface area contributed by atoms with Gasteiger partial charge < -0.3 is 9.72 Å². The number of carbonyl (C=O) groups excluding carboxylic acids is 1. The summed E-state index contributed by atoms with van der Waals surface area (Å²) in [5, 5.41) is 8.83. The van der Waals surface area contributed by atoms with Gasteiger partial charge in [-0.25, -0.2) is 4.68 Å². The molecule has 0 fully saturated rings. The van der Waals surface area contributed by atoms with Gasteiger partial charge in [0.1, 0.15) is 17.9 Å². The number of rotatable bonds is 4. The lowest BCUT2D eigenvalue weighted by atomic mass is 10.3. The van der Waals surface area contributed by atoms with E-state index in [-0.39, 0.29) is 11.5 Å². The first-order chi connectivity index (χ1) is 10.2. The van der Waals surface area contributed by atoms with Crippen LogP contribution in [0, 0.1) is 0 Å². The fraction of sp³-hybridized carbons (Fsp3) is 0.214.